The number of rotatable bonds is 5. The van der Waals surface area contributed by atoms with Crippen LogP contribution < -0.4 is 5.32 Å². The van der Waals surface area contributed by atoms with E-state index < -0.39 is 0 Å². The van der Waals surface area contributed by atoms with Crippen LogP contribution in [0.1, 0.15) is 37.1 Å². The van der Waals surface area contributed by atoms with Gasteiger partial charge >= 0.3 is 0 Å². The van der Waals surface area contributed by atoms with E-state index in [-0.39, 0.29) is 0 Å². The number of aromatic nitrogens is 2. The van der Waals surface area contributed by atoms with E-state index in [9.17, 15) is 0 Å². The lowest BCUT2D eigenvalue weighted by Crippen LogP contribution is -2.40. The quantitative estimate of drug-likeness (QED) is 0.839. The van der Waals surface area contributed by atoms with Gasteiger partial charge in [0.2, 0.25) is 0 Å². The van der Waals surface area contributed by atoms with Gasteiger partial charge in [-0.15, -0.1) is 0 Å². The molecule has 1 aliphatic rings. The van der Waals surface area contributed by atoms with Gasteiger partial charge in [-0.1, -0.05) is 16.7 Å². The Morgan fingerprint density at radius 2 is 2.29 bits per heavy atom. The number of aryl methyl sites for hydroxylation is 1. The predicted molar refractivity (Wildman–Crippen MR) is 65.6 cm³/mol. The first kappa shape index (κ1) is 12.5. The first-order valence-corrected chi connectivity index (χ1v) is 6.48. The van der Waals surface area contributed by atoms with Crippen molar-refractivity contribution in [3.63, 3.8) is 0 Å². The Morgan fingerprint density at radius 3 is 3.00 bits per heavy atom. The molecule has 5 nitrogen and oxygen atoms in total. The van der Waals surface area contributed by atoms with E-state index in [2.05, 4.69) is 20.5 Å². The lowest BCUT2D eigenvalue weighted by molar-refractivity contribution is 0.128. The third-order valence-electron chi connectivity index (χ3n) is 3.58. The number of hydrogen-bond acceptors (Lipinski definition) is 5. The van der Waals surface area contributed by atoms with E-state index in [0.717, 1.165) is 24.5 Å². The summed E-state index contributed by atoms with van der Waals surface area (Å²) >= 11 is 0. The summed E-state index contributed by atoms with van der Waals surface area (Å²) in [5.41, 5.74) is 1.91. The van der Waals surface area contributed by atoms with Gasteiger partial charge in [0.15, 0.2) is 0 Å². The summed E-state index contributed by atoms with van der Waals surface area (Å²) in [5, 5.41) is 11.1. The molecule has 0 bridgehead atoms. The lowest BCUT2D eigenvalue weighted by Gasteiger charge is -2.35. The summed E-state index contributed by atoms with van der Waals surface area (Å²) in [7, 11) is 2.01. The molecule has 1 aromatic rings. The maximum Gasteiger partial charge on any atom is 0.122 e. The Kier molecular flexibility index (Phi) is 4.50. The van der Waals surface area contributed by atoms with Crippen LogP contribution in [0, 0.1) is 6.92 Å². The van der Waals surface area contributed by atoms with Gasteiger partial charge in [-0.25, -0.2) is 4.63 Å². The van der Waals surface area contributed by atoms with E-state index in [4.69, 9.17) is 4.63 Å². The minimum Gasteiger partial charge on any atom is -0.320 e. The van der Waals surface area contributed by atoms with E-state index in [1.807, 2.05) is 14.0 Å². The molecule has 0 saturated carbocycles. The second-order valence-corrected chi connectivity index (χ2v) is 4.81. The van der Waals surface area contributed by atoms with Crippen molar-refractivity contribution in [3.05, 3.63) is 11.4 Å². The molecule has 1 aliphatic heterocycles. The van der Waals surface area contributed by atoms with Gasteiger partial charge in [-0.3, -0.25) is 4.90 Å². The van der Waals surface area contributed by atoms with Crippen LogP contribution in [0.2, 0.25) is 0 Å². The van der Waals surface area contributed by atoms with Gasteiger partial charge < -0.3 is 5.32 Å². The number of hydrogen-bond donors (Lipinski definition) is 1. The average molecular weight is 238 g/mol. The van der Waals surface area contributed by atoms with E-state index in [1.54, 1.807) is 0 Å². The highest BCUT2D eigenvalue weighted by Gasteiger charge is 2.23. The maximum absolute atomic E-state index is 4.76. The third kappa shape index (κ3) is 3.26. The molecular formula is C12H22N4O. The summed E-state index contributed by atoms with van der Waals surface area (Å²) in [5.74, 6) is 0. The molecule has 5 heteroatoms. The minimum absolute atomic E-state index is 0.673. The topological polar surface area (TPSA) is 54.2 Å². The molecule has 0 spiro atoms. The van der Waals surface area contributed by atoms with Crippen LogP contribution >= 0.6 is 0 Å². The largest absolute Gasteiger partial charge is 0.320 e. The third-order valence-corrected chi connectivity index (χ3v) is 3.58. The summed E-state index contributed by atoms with van der Waals surface area (Å²) in [4.78, 5) is 2.52. The van der Waals surface area contributed by atoms with Crippen LogP contribution in [0.5, 0.6) is 0 Å². The van der Waals surface area contributed by atoms with Crippen LogP contribution in [-0.2, 0) is 6.54 Å². The molecule has 1 aromatic heterocycles. The Balaban J connectivity index is 1.94. The predicted octanol–water partition coefficient (Wildman–Crippen LogP) is 1.34. The highest BCUT2D eigenvalue weighted by atomic mass is 16.6. The van der Waals surface area contributed by atoms with Gasteiger partial charge in [0, 0.05) is 12.6 Å². The fraction of sp³-hybridized carbons (Fsp3) is 0.833. The second kappa shape index (κ2) is 6.12. The fourth-order valence-corrected chi connectivity index (χ4v) is 2.49. The summed E-state index contributed by atoms with van der Waals surface area (Å²) in [6, 6.07) is 0.673. The van der Waals surface area contributed by atoms with Crippen LogP contribution in [0.3, 0.4) is 0 Å². The number of likely N-dealkylation sites (tertiary alicyclic amines) is 1. The SMILES string of the molecule is CNCCC1CCCCN1Cc1nonc1C. The zero-order chi connectivity index (χ0) is 12.1. The second-order valence-electron chi connectivity index (χ2n) is 4.81. The molecule has 1 saturated heterocycles. The van der Waals surface area contributed by atoms with Crippen molar-refractivity contribution in [1.82, 2.24) is 20.5 Å². The maximum atomic E-state index is 4.76. The van der Waals surface area contributed by atoms with Crippen molar-refractivity contribution in [2.45, 2.75) is 45.2 Å². The number of piperidine rings is 1. The van der Waals surface area contributed by atoms with Gasteiger partial charge in [-0.2, -0.15) is 0 Å². The van der Waals surface area contributed by atoms with Crippen LogP contribution in [0.25, 0.3) is 0 Å². The molecule has 2 heterocycles. The average Bonchev–Trinajstić information content (AvgIpc) is 2.74. The first-order valence-electron chi connectivity index (χ1n) is 6.48. The molecule has 1 atom stereocenters. The monoisotopic (exact) mass is 238 g/mol. The van der Waals surface area contributed by atoms with Gasteiger partial charge in [0.25, 0.3) is 0 Å². The van der Waals surface area contributed by atoms with E-state index in [1.165, 1.54) is 32.2 Å². The van der Waals surface area contributed by atoms with Gasteiger partial charge in [0.1, 0.15) is 11.4 Å². The standard InChI is InChI=1S/C12H22N4O/c1-10-12(15-17-14-10)9-16-8-4-3-5-11(16)6-7-13-2/h11,13H,3-9H2,1-2H3. The Morgan fingerprint density at radius 1 is 1.41 bits per heavy atom. The number of nitrogens with zero attached hydrogens (tertiary/aromatic N) is 3. The number of nitrogens with one attached hydrogen (secondary N) is 1. The molecule has 0 aromatic carbocycles. The van der Waals surface area contributed by atoms with Crippen LogP contribution in [0.15, 0.2) is 4.63 Å². The molecule has 1 fully saturated rings. The van der Waals surface area contributed by atoms with E-state index in [0.29, 0.717) is 6.04 Å². The summed E-state index contributed by atoms with van der Waals surface area (Å²) in [6.07, 6.45) is 5.15. The molecule has 0 aliphatic carbocycles. The summed E-state index contributed by atoms with van der Waals surface area (Å²) < 4.78 is 4.76. The molecule has 0 radical (unpaired) electrons. The lowest BCUT2D eigenvalue weighted by atomic mass is 9.99. The van der Waals surface area contributed by atoms with Crippen molar-refractivity contribution < 1.29 is 4.63 Å². The Bertz CT molecular complexity index is 339. The molecule has 96 valence electrons. The van der Waals surface area contributed by atoms with Crippen molar-refractivity contribution in [3.8, 4) is 0 Å². The fourth-order valence-electron chi connectivity index (χ4n) is 2.49. The highest BCUT2D eigenvalue weighted by molar-refractivity contribution is 5.04. The smallest absolute Gasteiger partial charge is 0.122 e. The Labute approximate surface area is 103 Å². The Hall–Kier alpha value is -0.940. The van der Waals surface area contributed by atoms with Crippen molar-refractivity contribution >= 4 is 0 Å². The zero-order valence-electron chi connectivity index (χ0n) is 10.8. The van der Waals surface area contributed by atoms with Crippen molar-refractivity contribution in [2.75, 3.05) is 20.1 Å². The first-order chi connectivity index (χ1) is 8.31. The summed E-state index contributed by atoms with van der Waals surface area (Å²) in [6.45, 7) is 5.08. The minimum atomic E-state index is 0.673. The van der Waals surface area contributed by atoms with Crippen molar-refractivity contribution in [1.29, 1.82) is 0 Å². The van der Waals surface area contributed by atoms with E-state index >= 15 is 0 Å². The molecule has 1 unspecified atom stereocenters. The molecule has 17 heavy (non-hydrogen) atoms. The highest BCUT2D eigenvalue weighted by Crippen LogP contribution is 2.21. The van der Waals surface area contributed by atoms with Crippen LogP contribution in [-0.4, -0.2) is 41.4 Å². The molecule has 2 rings (SSSR count). The van der Waals surface area contributed by atoms with Crippen molar-refractivity contribution in [2.24, 2.45) is 0 Å². The molecule has 0 amide bonds. The molecule has 1 N–H and O–H groups in total. The van der Waals surface area contributed by atoms with Gasteiger partial charge in [0.05, 0.1) is 0 Å². The molecular weight excluding hydrogens is 216 g/mol. The normalized spacial score (nSPS) is 21.9. The van der Waals surface area contributed by atoms with Crippen LogP contribution in [0.4, 0.5) is 0 Å². The zero-order valence-corrected chi connectivity index (χ0v) is 10.8. The van der Waals surface area contributed by atoms with Gasteiger partial charge in [-0.05, 0) is 46.3 Å².